The van der Waals surface area contributed by atoms with Crippen LogP contribution in [0.25, 0.3) is 11.1 Å². The molecule has 0 amide bonds. The van der Waals surface area contributed by atoms with Gasteiger partial charge in [0, 0.05) is 24.7 Å². The van der Waals surface area contributed by atoms with Crippen LogP contribution in [0.4, 0.5) is 0 Å². The zero-order valence-electron chi connectivity index (χ0n) is 9.41. The van der Waals surface area contributed by atoms with Gasteiger partial charge >= 0.3 is 5.97 Å². The minimum atomic E-state index is -0.763. The molecule has 4 heteroatoms. The lowest BCUT2D eigenvalue weighted by Crippen LogP contribution is -2.01. The summed E-state index contributed by atoms with van der Waals surface area (Å²) in [6, 6.07) is 9.99. The van der Waals surface area contributed by atoms with Crippen molar-refractivity contribution in [2.75, 3.05) is 0 Å². The molecule has 1 heterocycles. The van der Waals surface area contributed by atoms with Crippen LogP contribution in [-0.4, -0.2) is 20.9 Å². The number of rotatable bonds is 5. The minimum absolute atomic E-state index is 0.181. The zero-order chi connectivity index (χ0) is 12.1. The van der Waals surface area contributed by atoms with E-state index in [-0.39, 0.29) is 6.42 Å². The van der Waals surface area contributed by atoms with Gasteiger partial charge < -0.3 is 5.11 Å². The van der Waals surface area contributed by atoms with Crippen molar-refractivity contribution in [2.24, 2.45) is 0 Å². The van der Waals surface area contributed by atoms with Crippen molar-refractivity contribution in [1.82, 2.24) is 9.78 Å². The number of benzene rings is 1. The maximum atomic E-state index is 10.4. The first-order chi connectivity index (χ1) is 8.25. The molecule has 0 aliphatic carbocycles. The van der Waals surface area contributed by atoms with E-state index in [2.05, 4.69) is 5.10 Å². The Morgan fingerprint density at radius 2 is 2.00 bits per heavy atom. The van der Waals surface area contributed by atoms with Gasteiger partial charge in [0.1, 0.15) is 0 Å². The average molecular weight is 230 g/mol. The summed E-state index contributed by atoms with van der Waals surface area (Å²) in [6.45, 7) is 0.638. The van der Waals surface area contributed by atoms with E-state index in [1.165, 1.54) is 0 Å². The van der Waals surface area contributed by atoms with Crippen LogP contribution in [-0.2, 0) is 11.3 Å². The Balaban J connectivity index is 1.99. The topological polar surface area (TPSA) is 55.1 Å². The molecular weight excluding hydrogens is 216 g/mol. The minimum Gasteiger partial charge on any atom is -0.481 e. The van der Waals surface area contributed by atoms with Gasteiger partial charge in [0.05, 0.1) is 6.20 Å². The summed E-state index contributed by atoms with van der Waals surface area (Å²) in [4.78, 5) is 10.4. The molecule has 88 valence electrons. The molecule has 0 radical (unpaired) electrons. The van der Waals surface area contributed by atoms with E-state index in [0.717, 1.165) is 11.1 Å². The van der Waals surface area contributed by atoms with Crippen molar-refractivity contribution in [1.29, 1.82) is 0 Å². The standard InChI is InChI=1S/C13H14N2O2/c16-13(17)7-4-8-15-10-12(9-14-15)11-5-2-1-3-6-11/h1-3,5-6,9-10H,4,7-8H2,(H,16,17). The third kappa shape index (κ3) is 3.17. The quantitative estimate of drug-likeness (QED) is 0.858. The monoisotopic (exact) mass is 230 g/mol. The van der Waals surface area contributed by atoms with E-state index in [4.69, 9.17) is 5.11 Å². The van der Waals surface area contributed by atoms with E-state index in [1.54, 1.807) is 10.9 Å². The number of hydrogen-bond acceptors (Lipinski definition) is 2. The molecule has 17 heavy (non-hydrogen) atoms. The molecule has 0 aliphatic rings. The van der Waals surface area contributed by atoms with Gasteiger partial charge in [0.2, 0.25) is 0 Å². The lowest BCUT2D eigenvalue weighted by molar-refractivity contribution is -0.137. The number of aliphatic carboxylic acids is 1. The second-order valence-corrected chi connectivity index (χ2v) is 3.86. The molecule has 2 rings (SSSR count). The predicted molar refractivity (Wildman–Crippen MR) is 64.5 cm³/mol. The summed E-state index contributed by atoms with van der Waals surface area (Å²) in [5.74, 6) is -0.763. The Morgan fingerprint density at radius 3 is 2.71 bits per heavy atom. The average Bonchev–Trinajstić information content (AvgIpc) is 2.78. The highest BCUT2D eigenvalue weighted by atomic mass is 16.4. The van der Waals surface area contributed by atoms with Gasteiger partial charge in [-0.2, -0.15) is 5.10 Å². The van der Waals surface area contributed by atoms with Crippen LogP contribution in [0.15, 0.2) is 42.7 Å². The summed E-state index contributed by atoms with van der Waals surface area (Å²) in [7, 11) is 0. The summed E-state index contributed by atoms with van der Waals surface area (Å²) >= 11 is 0. The van der Waals surface area contributed by atoms with E-state index in [1.807, 2.05) is 36.5 Å². The van der Waals surface area contributed by atoms with Crippen molar-refractivity contribution >= 4 is 5.97 Å². The van der Waals surface area contributed by atoms with Crippen LogP contribution in [0.2, 0.25) is 0 Å². The largest absolute Gasteiger partial charge is 0.481 e. The second kappa shape index (κ2) is 5.30. The van der Waals surface area contributed by atoms with Crippen LogP contribution in [0.1, 0.15) is 12.8 Å². The molecule has 1 N–H and O–H groups in total. The Hall–Kier alpha value is -2.10. The number of aromatic nitrogens is 2. The summed E-state index contributed by atoms with van der Waals surface area (Å²) in [6.07, 6.45) is 4.53. The smallest absolute Gasteiger partial charge is 0.303 e. The van der Waals surface area contributed by atoms with Crippen LogP contribution < -0.4 is 0 Å². The first-order valence-electron chi connectivity index (χ1n) is 5.55. The van der Waals surface area contributed by atoms with Crippen molar-refractivity contribution < 1.29 is 9.90 Å². The molecule has 0 spiro atoms. The van der Waals surface area contributed by atoms with Crippen LogP contribution in [0, 0.1) is 0 Å². The van der Waals surface area contributed by atoms with Gasteiger partial charge in [-0.3, -0.25) is 9.48 Å². The fraction of sp³-hybridized carbons (Fsp3) is 0.231. The van der Waals surface area contributed by atoms with Gasteiger partial charge in [-0.05, 0) is 12.0 Å². The van der Waals surface area contributed by atoms with Gasteiger partial charge in [-0.15, -0.1) is 0 Å². The maximum Gasteiger partial charge on any atom is 0.303 e. The predicted octanol–water partition coefficient (Wildman–Crippen LogP) is 2.41. The summed E-state index contributed by atoms with van der Waals surface area (Å²) in [5.41, 5.74) is 2.18. The number of carboxylic acid groups (broad SMARTS) is 1. The van der Waals surface area contributed by atoms with Crippen molar-refractivity contribution in [2.45, 2.75) is 19.4 Å². The van der Waals surface area contributed by atoms with E-state index in [9.17, 15) is 4.79 Å². The number of carbonyl (C=O) groups is 1. The summed E-state index contributed by atoms with van der Waals surface area (Å²) in [5, 5.41) is 12.8. The lowest BCUT2D eigenvalue weighted by atomic mass is 10.1. The third-order valence-electron chi connectivity index (χ3n) is 2.52. The van der Waals surface area contributed by atoms with Gasteiger partial charge in [-0.25, -0.2) is 0 Å². The molecule has 1 aromatic carbocycles. The maximum absolute atomic E-state index is 10.4. The van der Waals surface area contributed by atoms with Crippen molar-refractivity contribution in [3.05, 3.63) is 42.7 Å². The van der Waals surface area contributed by atoms with Crippen molar-refractivity contribution in [3.63, 3.8) is 0 Å². The third-order valence-corrected chi connectivity index (χ3v) is 2.52. The highest BCUT2D eigenvalue weighted by molar-refractivity contribution is 5.66. The Morgan fingerprint density at radius 1 is 1.24 bits per heavy atom. The van der Waals surface area contributed by atoms with Gasteiger partial charge in [0.25, 0.3) is 0 Å². The fourth-order valence-corrected chi connectivity index (χ4v) is 1.66. The normalized spacial score (nSPS) is 10.4. The first kappa shape index (κ1) is 11.4. The van der Waals surface area contributed by atoms with Crippen LogP contribution in [0.3, 0.4) is 0 Å². The lowest BCUT2D eigenvalue weighted by Gasteiger charge is -1.98. The second-order valence-electron chi connectivity index (χ2n) is 3.86. The van der Waals surface area contributed by atoms with Gasteiger partial charge in [-0.1, -0.05) is 30.3 Å². The molecule has 0 saturated carbocycles. The van der Waals surface area contributed by atoms with Crippen LogP contribution in [0.5, 0.6) is 0 Å². The number of aryl methyl sites for hydroxylation is 1. The SMILES string of the molecule is O=C(O)CCCn1cc(-c2ccccc2)cn1. The number of nitrogens with zero attached hydrogens (tertiary/aromatic N) is 2. The van der Waals surface area contributed by atoms with Gasteiger partial charge in [0.15, 0.2) is 0 Å². The van der Waals surface area contributed by atoms with E-state index in [0.29, 0.717) is 13.0 Å². The Labute approximate surface area is 99.5 Å². The molecular formula is C13H14N2O2. The summed E-state index contributed by atoms with van der Waals surface area (Å²) < 4.78 is 1.78. The molecule has 0 atom stereocenters. The highest BCUT2D eigenvalue weighted by Crippen LogP contribution is 2.17. The molecule has 1 aromatic heterocycles. The highest BCUT2D eigenvalue weighted by Gasteiger charge is 2.02. The number of hydrogen-bond donors (Lipinski definition) is 1. The Bertz CT molecular complexity index is 491. The Kier molecular flexibility index (Phi) is 3.55. The molecule has 4 nitrogen and oxygen atoms in total. The molecule has 0 fully saturated rings. The van der Waals surface area contributed by atoms with Crippen LogP contribution >= 0.6 is 0 Å². The molecule has 0 saturated heterocycles. The van der Waals surface area contributed by atoms with Crippen molar-refractivity contribution in [3.8, 4) is 11.1 Å². The number of carboxylic acids is 1. The molecule has 2 aromatic rings. The zero-order valence-corrected chi connectivity index (χ0v) is 9.41. The molecule has 0 bridgehead atoms. The fourth-order valence-electron chi connectivity index (χ4n) is 1.66. The molecule has 0 aliphatic heterocycles. The van der Waals surface area contributed by atoms with E-state index >= 15 is 0 Å². The van der Waals surface area contributed by atoms with E-state index < -0.39 is 5.97 Å². The molecule has 0 unspecified atom stereocenters. The first-order valence-corrected chi connectivity index (χ1v) is 5.55.